The smallest absolute Gasteiger partial charge is 0.289 e. The number of nitrogens with one attached hydrogen (secondary N) is 1. The minimum absolute atomic E-state index is 0.0342. The SMILES string of the molecule is CNS(=O)(=O)c1ccc(C(=O)N2CCCN(C(=O)CCc3ccc(OC)cc3)CC2)o1. The van der Waals surface area contributed by atoms with Crippen LogP contribution in [0.2, 0.25) is 0 Å². The van der Waals surface area contributed by atoms with Gasteiger partial charge in [0.1, 0.15) is 5.75 Å². The summed E-state index contributed by atoms with van der Waals surface area (Å²) in [5.74, 6) is 0.406. The molecule has 1 aliphatic heterocycles. The normalized spacial score (nSPS) is 14.9. The Morgan fingerprint density at radius 1 is 1.03 bits per heavy atom. The van der Waals surface area contributed by atoms with Gasteiger partial charge in [-0.15, -0.1) is 0 Å². The number of sulfonamides is 1. The lowest BCUT2D eigenvalue weighted by atomic mass is 10.1. The Morgan fingerprint density at radius 2 is 1.71 bits per heavy atom. The zero-order valence-electron chi connectivity index (χ0n) is 17.7. The van der Waals surface area contributed by atoms with Crippen molar-refractivity contribution < 1.29 is 27.2 Å². The number of carbonyl (C=O) groups excluding carboxylic acids is 2. The number of rotatable bonds is 7. The highest BCUT2D eigenvalue weighted by atomic mass is 32.2. The van der Waals surface area contributed by atoms with Gasteiger partial charge in [-0.2, -0.15) is 0 Å². The number of benzene rings is 1. The summed E-state index contributed by atoms with van der Waals surface area (Å²) < 4.78 is 36.1. The van der Waals surface area contributed by atoms with Crippen LogP contribution in [-0.2, 0) is 21.2 Å². The average molecular weight is 450 g/mol. The Hall–Kier alpha value is -2.85. The molecule has 31 heavy (non-hydrogen) atoms. The molecule has 1 saturated heterocycles. The second-order valence-corrected chi connectivity index (χ2v) is 9.02. The van der Waals surface area contributed by atoms with Crippen molar-refractivity contribution >= 4 is 21.8 Å². The third-order valence-corrected chi connectivity index (χ3v) is 6.53. The number of carbonyl (C=O) groups is 2. The van der Waals surface area contributed by atoms with Crippen LogP contribution in [0.25, 0.3) is 0 Å². The minimum atomic E-state index is -3.75. The van der Waals surface area contributed by atoms with Crippen molar-refractivity contribution in [3.05, 3.63) is 47.7 Å². The second-order valence-electron chi connectivity index (χ2n) is 7.20. The molecule has 1 aromatic heterocycles. The maximum atomic E-state index is 12.7. The quantitative estimate of drug-likeness (QED) is 0.686. The molecule has 10 heteroatoms. The first-order valence-electron chi connectivity index (χ1n) is 10.1. The van der Waals surface area contributed by atoms with Gasteiger partial charge in [-0.1, -0.05) is 12.1 Å². The molecule has 0 aliphatic carbocycles. The molecular weight excluding hydrogens is 422 g/mol. The van der Waals surface area contributed by atoms with Crippen molar-refractivity contribution in [2.45, 2.75) is 24.4 Å². The van der Waals surface area contributed by atoms with Gasteiger partial charge in [-0.25, -0.2) is 13.1 Å². The number of furan rings is 1. The molecule has 0 bridgehead atoms. The molecule has 1 aliphatic rings. The van der Waals surface area contributed by atoms with Crippen LogP contribution in [0.5, 0.6) is 5.75 Å². The highest BCUT2D eigenvalue weighted by Crippen LogP contribution is 2.17. The molecule has 0 saturated carbocycles. The number of methoxy groups -OCH3 is 1. The van der Waals surface area contributed by atoms with E-state index in [-0.39, 0.29) is 22.7 Å². The molecule has 0 unspecified atom stereocenters. The highest BCUT2D eigenvalue weighted by Gasteiger charge is 2.26. The number of hydrogen-bond donors (Lipinski definition) is 1. The van der Waals surface area contributed by atoms with E-state index in [9.17, 15) is 18.0 Å². The number of hydrogen-bond acceptors (Lipinski definition) is 6. The number of amides is 2. The first-order valence-corrected chi connectivity index (χ1v) is 11.6. The summed E-state index contributed by atoms with van der Waals surface area (Å²) in [6.45, 7) is 1.83. The van der Waals surface area contributed by atoms with Gasteiger partial charge < -0.3 is 19.0 Å². The van der Waals surface area contributed by atoms with Crippen LogP contribution < -0.4 is 9.46 Å². The standard InChI is InChI=1S/C21H27N3O6S/c1-22-31(27,28)20-11-9-18(30-20)21(26)24-13-3-12-23(14-15-24)19(25)10-6-16-4-7-17(29-2)8-5-16/h4-5,7-9,11,22H,3,6,10,12-15H2,1-2H3. The van der Waals surface area contributed by atoms with Crippen LogP contribution in [0.1, 0.15) is 29.0 Å². The molecule has 2 heterocycles. The zero-order valence-corrected chi connectivity index (χ0v) is 18.5. The molecule has 3 rings (SSSR count). The van der Waals surface area contributed by atoms with Crippen molar-refractivity contribution in [2.75, 3.05) is 40.3 Å². The second kappa shape index (κ2) is 9.97. The van der Waals surface area contributed by atoms with Gasteiger partial charge in [0.25, 0.3) is 15.9 Å². The van der Waals surface area contributed by atoms with E-state index < -0.39 is 10.0 Å². The van der Waals surface area contributed by atoms with Crippen LogP contribution in [0.4, 0.5) is 0 Å². The summed E-state index contributed by atoms with van der Waals surface area (Å²) in [6, 6.07) is 10.2. The lowest BCUT2D eigenvalue weighted by Gasteiger charge is -2.21. The van der Waals surface area contributed by atoms with E-state index >= 15 is 0 Å². The third-order valence-electron chi connectivity index (χ3n) is 5.25. The van der Waals surface area contributed by atoms with Crippen molar-refractivity contribution in [1.82, 2.24) is 14.5 Å². The van der Waals surface area contributed by atoms with E-state index in [0.717, 1.165) is 11.3 Å². The van der Waals surface area contributed by atoms with Gasteiger partial charge in [0.2, 0.25) is 11.0 Å². The molecule has 1 N–H and O–H groups in total. The molecule has 0 spiro atoms. The predicted octanol–water partition coefficient (Wildman–Crippen LogP) is 1.50. The maximum Gasteiger partial charge on any atom is 0.289 e. The molecule has 0 radical (unpaired) electrons. The summed E-state index contributed by atoms with van der Waals surface area (Å²) in [5, 5.41) is -0.302. The Labute approximate surface area is 182 Å². The summed E-state index contributed by atoms with van der Waals surface area (Å²) in [4.78, 5) is 28.7. The van der Waals surface area contributed by atoms with Crippen molar-refractivity contribution in [3.8, 4) is 5.75 Å². The lowest BCUT2D eigenvalue weighted by Crippen LogP contribution is -2.37. The van der Waals surface area contributed by atoms with Gasteiger partial charge in [0.05, 0.1) is 7.11 Å². The number of nitrogens with zero attached hydrogens (tertiary/aromatic N) is 2. The summed E-state index contributed by atoms with van der Waals surface area (Å²) in [6.07, 6.45) is 1.67. The predicted molar refractivity (Wildman–Crippen MR) is 113 cm³/mol. The largest absolute Gasteiger partial charge is 0.497 e. The van der Waals surface area contributed by atoms with Crippen LogP contribution >= 0.6 is 0 Å². The minimum Gasteiger partial charge on any atom is -0.497 e. The molecule has 0 atom stereocenters. The summed E-state index contributed by atoms with van der Waals surface area (Å²) in [5.41, 5.74) is 1.06. The lowest BCUT2D eigenvalue weighted by molar-refractivity contribution is -0.131. The van der Waals surface area contributed by atoms with E-state index in [1.807, 2.05) is 24.3 Å². The number of ether oxygens (including phenoxy) is 1. The van der Waals surface area contributed by atoms with Crippen LogP contribution in [0.3, 0.4) is 0 Å². The maximum absolute atomic E-state index is 12.7. The molecule has 1 fully saturated rings. The molecule has 1 aromatic carbocycles. The molecule has 2 amide bonds. The average Bonchev–Trinajstić information content (AvgIpc) is 3.17. The van der Waals surface area contributed by atoms with E-state index in [1.165, 1.54) is 19.2 Å². The van der Waals surface area contributed by atoms with Gasteiger partial charge in [-0.05, 0) is 49.7 Å². The molecule has 9 nitrogen and oxygen atoms in total. The Morgan fingerprint density at radius 3 is 2.39 bits per heavy atom. The van der Waals surface area contributed by atoms with Crippen molar-refractivity contribution in [2.24, 2.45) is 0 Å². The van der Waals surface area contributed by atoms with E-state index in [2.05, 4.69) is 4.72 Å². The van der Waals surface area contributed by atoms with E-state index in [4.69, 9.17) is 9.15 Å². The van der Waals surface area contributed by atoms with Gasteiger partial charge in [0.15, 0.2) is 5.76 Å². The zero-order chi connectivity index (χ0) is 22.4. The van der Waals surface area contributed by atoms with E-state index in [1.54, 1.807) is 16.9 Å². The van der Waals surface area contributed by atoms with Crippen LogP contribution in [0.15, 0.2) is 45.9 Å². The van der Waals surface area contributed by atoms with Crippen LogP contribution in [-0.4, -0.2) is 70.4 Å². The summed E-state index contributed by atoms with van der Waals surface area (Å²) >= 11 is 0. The molecule has 2 aromatic rings. The van der Waals surface area contributed by atoms with Crippen LogP contribution in [0, 0.1) is 0 Å². The first-order chi connectivity index (χ1) is 14.8. The fourth-order valence-electron chi connectivity index (χ4n) is 3.41. The summed E-state index contributed by atoms with van der Waals surface area (Å²) in [7, 11) is -0.865. The van der Waals surface area contributed by atoms with Crippen molar-refractivity contribution in [3.63, 3.8) is 0 Å². The number of aryl methyl sites for hydroxylation is 1. The topological polar surface area (TPSA) is 109 Å². The Kier molecular flexibility index (Phi) is 7.34. The van der Waals surface area contributed by atoms with E-state index in [0.29, 0.717) is 45.4 Å². The molecule has 168 valence electrons. The van der Waals surface area contributed by atoms with Gasteiger partial charge in [-0.3, -0.25) is 9.59 Å². The third kappa shape index (κ3) is 5.65. The fourth-order valence-corrected chi connectivity index (χ4v) is 4.06. The Balaban J connectivity index is 1.54. The van der Waals surface area contributed by atoms with Gasteiger partial charge >= 0.3 is 0 Å². The Bertz CT molecular complexity index is 1020. The molecular formula is C21H27N3O6S. The monoisotopic (exact) mass is 449 g/mol. The first kappa shape index (κ1) is 22.8. The van der Waals surface area contributed by atoms with Gasteiger partial charge in [0, 0.05) is 32.6 Å². The highest BCUT2D eigenvalue weighted by molar-refractivity contribution is 7.89. The fraction of sp³-hybridized carbons (Fsp3) is 0.429. The van der Waals surface area contributed by atoms with Crippen molar-refractivity contribution in [1.29, 1.82) is 0 Å².